The van der Waals surface area contributed by atoms with E-state index in [2.05, 4.69) is 10.4 Å². The first-order valence-corrected chi connectivity index (χ1v) is 8.19. The zero-order valence-corrected chi connectivity index (χ0v) is 12.7. The van der Waals surface area contributed by atoms with E-state index in [4.69, 9.17) is 0 Å². The number of carbonyl (C=O) groups excluding carboxylic acids is 1. The highest BCUT2D eigenvalue weighted by molar-refractivity contribution is 7.94. The number of nitrogens with one attached hydrogen (secondary N) is 1. The molecule has 0 saturated carbocycles. The topological polar surface area (TPSA) is 81.1 Å². The van der Waals surface area contributed by atoms with Crippen LogP contribution in [0.3, 0.4) is 0 Å². The molecule has 6 nitrogen and oxygen atoms in total. The van der Waals surface area contributed by atoms with Crippen LogP contribution < -0.4 is 5.32 Å². The van der Waals surface area contributed by atoms with Crippen molar-refractivity contribution in [3.63, 3.8) is 0 Å². The minimum atomic E-state index is -3.13. The van der Waals surface area contributed by atoms with Crippen LogP contribution in [0, 0.1) is 13.8 Å². The first-order chi connectivity index (χ1) is 9.28. The summed E-state index contributed by atoms with van der Waals surface area (Å²) < 4.78 is 24.3. The Balaban J connectivity index is 1.89. The van der Waals surface area contributed by atoms with Gasteiger partial charge in [0.15, 0.2) is 9.84 Å². The monoisotopic (exact) mass is 297 g/mol. The molecule has 110 valence electrons. The lowest BCUT2D eigenvalue weighted by Gasteiger charge is -2.10. The van der Waals surface area contributed by atoms with Crippen LogP contribution in [0.15, 0.2) is 11.5 Å². The number of nitrogens with zero attached hydrogens (tertiary/aromatic N) is 2. The maximum absolute atomic E-state index is 11.8. The van der Waals surface area contributed by atoms with Crippen LogP contribution in [0.25, 0.3) is 0 Å². The maximum atomic E-state index is 11.8. The molecule has 0 aliphatic carbocycles. The Morgan fingerprint density at radius 2 is 2.20 bits per heavy atom. The van der Waals surface area contributed by atoms with E-state index >= 15 is 0 Å². The van der Waals surface area contributed by atoms with Crippen molar-refractivity contribution in [2.24, 2.45) is 7.05 Å². The number of carbonyl (C=O) groups is 1. The summed E-state index contributed by atoms with van der Waals surface area (Å²) in [5.41, 5.74) is 3.07. The van der Waals surface area contributed by atoms with Gasteiger partial charge in [0.05, 0.1) is 17.5 Å². The fourth-order valence-electron chi connectivity index (χ4n) is 2.36. The molecule has 2 rings (SSSR count). The molecule has 1 aromatic rings. The van der Waals surface area contributed by atoms with Crippen molar-refractivity contribution in [1.29, 1.82) is 0 Å². The molecular weight excluding hydrogens is 278 g/mol. The van der Waals surface area contributed by atoms with Gasteiger partial charge in [-0.2, -0.15) is 5.10 Å². The zero-order valence-electron chi connectivity index (χ0n) is 11.9. The predicted molar refractivity (Wildman–Crippen MR) is 75.9 cm³/mol. The van der Waals surface area contributed by atoms with Crippen molar-refractivity contribution in [2.75, 3.05) is 5.75 Å². The Bertz CT molecular complexity index is 659. The quantitative estimate of drug-likeness (QED) is 0.872. The summed E-state index contributed by atoms with van der Waals surface area (Å²) in [7, 11) is -1.25. The molecule has 7 heteroatoms. The Labute approximate surface area is 118 Å². The number of sulfone groups is 1. The summed E-state index contributed by atoms with van der Waals surface area (Å²) in [5, 5.41) is 8.18. The third-order valence-electron chi connectivity index (χ3n) is 3.54. The van der Waals surface area contributed by atoms with Crippen molar-refractivity contribution >= 4 is 15.7 Å². The number of hydrogen-bond acceptors (Lipinski definition) is 4. The molecule has 0 spiro atoms. The highest BCUT2D eigenvalue weighted by Gasteiger charge is 2.23. The molecule has 1 aromatic heterocycles. The summed E-state index contributed by atoms with van der Waals surface area (Å²) in [6.45, 7) is 3.89. The van der Waals surface area contributed by atoms with Crippen LogP contribution in [-0.2, 0) is 28.1 Å². The predicted octanol–water partition coefficient (Wildman–Crippen LogP) is 0.396. The molecule has 0 aromatic carbocycles. The van der Waals surface area contributed by atoms with Crippen LogP contribution in [0.5, 0.6) is 0 Å². The highest BCUT2D eigenvalue weighted by atomic mass is 32.2. The van der Waals surface area contributed by atoms with Gasteiger partial charge in [-0.1, -0.05) is 0 Å². The first-order valence-electron chi connectivity index (χ1n) is 6.48. The molecule has 20 heavy (non-hydrogen) atoms. The van der Waals surface area contributed by atoms with Crippen molar-refractivity contribution in [2.45, 2.75) is 32.7 Å². The van der Waals surface area contributed by atoms with Gasteiger partial charge in [-0.25, -0.2) is 8.42 Å². The summed E-state index contributed by atoms with van der Waals surface area (Å²) in [4.78, 5) is 11.8. The molecule has 0 bridgehead atoms. The average molecular weight is 297 g/mol. The molecular formula is C13H19N3O3S. The molecule has 0 fully saturated rings. The second-order valence-corrected chi connectivity index (χ2v) is 7.04. The third-order valence-corrected chi connectivity index (χ3v) is 4.93. The number of hydrogen-bond donors (Lipinski definition) is 1. The fraction of sp³-hybridized carbons (Fsp3) is 0.538. The minimum absolute atomic E-state index is 0.0380. The summed E-state index contributed by atoms with van der Waals surface area (Å²) >= 11 is 0. The van der Waals surface area contributed by atoms with Crippen molar-refractivity contribution < 1.29 is 13.2 Å². The van der Waals surface area contributed by atoms with E-state index in [1.165, 1.54) is 6.08 Å². The van der Waals surface area contributed by atoms with Gasteiger partial charge in [-0.05, 0) is 31.9 Å². The molecule has 0 unspecified atom stereocenters. The van der Waals surface area contributed by atoms with E-state index in [0.717, 1.165) is 22.4 Å². The number of aromatic nitrogens is 2. The summed E-state index contributed by atoms with van der Waals surface area (Å²) in [6, 6.07) is -0.399. The SMILES string of the molecule is Cc1nn(C)c(C)c1CCC(=O)N[C@H]1C=CS(=O)(=O)C1. The largest absolute Gasteiger partial charge is 0.349 e. The highest BCUT2D eigenvalue weighted by Crippen LogP contribution is 2.14. The second kappa shape index (κ2) is 5.40. The lowest BCUT2D eigenvalue weighted by molar-refractivity contribution is -0.121. The van der Waals surface area contributed by atoms with E-state index in [9.17, 15) is 13.2 Å². The summed E-state index contributed by atoms with van der Waals surface area (Å²) in [5.74, 6) is -0.177. The van der Waals surface area contributed by atoms with Gasteiger partial charge in [0.25, 0.3) is 0 Å². The van der Waals surface area contributed by atoms with Crippen LogP contribution in [-0.4, -0.2) is 35.9 Å². The van der Waals surface area contributed by atoms with Crippen LogP contribution in [0.4, 0.5) is 0 Å². The second-order valence-electron chi connectivity index (χ2n) is 5.11. The zero-order chi connectivity index (χ0) is 14.9. The van der Waals surface area contributed by atoms with E-state index < -0.39 is 15.9 Å². The normalized spacial score (nSPS) is 20.2. The first kappa shape index (κ1) is 14.8. The fourth-order valence-corrected chi connectivity index (χ4v) is 3.60. The lowest BCUT2D eigenvalue weighted by atomic mass is 10.1. The molecule has 1 amide bonds. The smallest absolute Gasteiger partial charge is 0.220 e. The van der Waals surface area contributed by atoms with Gasteiger partial charge < -0.3 is 5.32 Å². The van der Waals surface area contributed by atoms with Crippen LogP contribution >= 0.6 is 0 Å². The Morgan fingerprint density at radius 3 is 2.70 bits per heavy atom. The molecule has 0 saturated heterocycles. The van der Waals surface area contributed by atoms with Crippen molar-refractivity contribution in [1.82, 2.24) is 15.1 Å². The molecule has 0 radical (unpaired) electrons. The van der Waals surface area contributed by atoms with Gasteiger partial charge >= 0.3 is 0 Å². The number of rotatable bonds is 4. The van der Waals surface area contributed by atoms with Crippen LogP contribution in [0.1, 0.15) is 23.4 Å². The molecule has 1 atom stereocenters. The van der Waals surface area contributed by atoms with Gasteiger partial charge in [-0.15, -0.1) is 0 Å². The Hall–Kier alpha value is -1.63. The van der Waals surface area contributed by atoms with E-state index in [1.807, 2.05) is 20.9 Å². The van der Waals surface area contributed by atoms with Crippen molar-refractivity contribution in [3.05, 3.63) is 28.4 Å². The third kappa shape index (κ3) is 3.27. The van der Waals surface area contributed by atoms with Gasteiger partial charge in [-0.3, -0.25) is 9.48 Å². The van der Waals surface area contributed by atoms with E-state index in [-0.39, 0.29) is 11.7 Å². The standard InChI is InChI=1S/C13H19N3O3S/c1-9-12(10(2)16(3)15-9)4-5-13(17)14-11-6-7-20(18,19)8-11/h6-7,11H,4-5,8H2,1-3H3,(H,14,17)/t11-/m0/s1. The van der Waals surface area contributed by atoms with Gasteiger partial charge in [0.1, 0.15) is 0 Å². The van der Waals surface area contributed by atoms with E-state index in [1.54, 1.807) is 4.68 Å². The van der Waals surface area contributed by atoms with E-state index in [0.29, 0.717) is 12.8 Å². The molecule has 1 aliphatic heterocycles. The Kier molecular flexibility index (Phi) is 3.99. The minimum Gasteiger partial charge on any atom is -0.349 e. The maximum Gasteiger partial charge on any atom is 0.220 e. The molecule has 2 heterocycles. The average Bonchev–Trinajstić information content (AvgIpc) is 2.78. The van der Waals surface area contributed by atoms with Gasteiger partial charge in [0, 0.05) is 24.6 Å². The van der Waals surface area contributed by atoms with Crippen molar-refractivity contribution in [3.8, 4) is 0 Å². The number of aryl methyl sites for hydroxylation is 2. The summed E-state index contributed by atoms with van der Waals surface area (Å²) in [6.07, 6.45) is 2.46. The van der Waals surface area contributed by atoms with Crippen LogP contribution in [0.2, 0.25) is 0 Å². The Morgan fingerprint density at radius 1 is 1.50 bits per heavy atom. The molecule has 1 N–H and O–H groups in total. The van der Waals surface area contributed by atoms with Gasteiger partial charge in [0.2, 0.25) is 5.91 Å². The number of amides is 1. The lowest BCUT2D eigenvalue weighted by Crippen LogP contribution is -2.35. The molecule has 1 aliphatic rings.